The summed E-state index contributed by atoms with van der Waals surface area (Å²) in [6.07, 6.45) is 2.63. The third-order valence-electron chi connectivity index (χ3n) is 3.24. The number of nitrogens with one attached hydrogen (secondary N) is 1. The number of nitrogens with zero attached hydrogens (tertiary/aromatic N) is 2. The number of aliphatic carboxylic acids is 1. The molecule has 1 aromatic rings. The summed E-state index contributed by atoms with van der Waals surface area (Å²) in [5.41, 5.74) is -1.000. The van der Waals surface area contributed by atoms with Gasteiger partial charge in [0.15, 0.2) is 5.54 Å². The number of aromatic nitrogens is 1. The summed E-state index contributed by atoms with van der Waals surface area (Å²) in [6.45, 7) is 5.05. The van der Waals surface area contributed by atoms with Crippen molar-refractivity contribution < 1.29 is 9.90 Å². The first kappa shape index (κ1) is 12.5. The van der Waals surface area contributed by atoms with Crippen LogP contribution in [0.2, 0.25) is 0 Å². The Morgan fingerprint density at radius 2 is 2.41 bits per heavy atom. The van der Waals surface area contributed by atoms with E-state index in [4.69, 9.17) is 0 Å². The van der Waals surface area contributed by atoms with Gasteiger partial charge in [-0.3, -0.25) is 4.90 Å². The molecule has 0 bridgehead atoms. The van der Waals surface area contributed by atoms with E-state index in [1.54, 1.807) is 13.1 Å². The second kappa shape index (κ2) is 5.12. The van der Waals surface area contributed by atoms with Crippen LogP contribution in [-0.2, 0) is 10.3 Å². The van der Waals surface area contributed by atoms with Crippen LogP contribution < -0.4 is 5.32 Å². The van der Waals surface area contributed by atoms with Crippen molar-refractivity contribution in [2.45, 2.75) is 18.9 Å². The van der Waals surface area contributed by atoms with E-state index in [0.29, 0.717) is 5.01 Å². The van der Waals surface area contributed by atoms with Gasteiger partial charge in [-0.1, -0.05) is 0 Å². The monoisotopic (exact) mass is 255 g/mol. The van der Waals surface area contributed by atoms with Crippen molar-refractivity contribution in [1.82, 2.24) is 15.2 Å². The van der Waals surface area contributed by atoms with Crippen molar-refractivity contribution in [2.24, 2.45) is 0 Å². The molecule has 1 atom stereocenters. The minimum Gasteiger partial charge on any atom is -0.480 e. The van der Waals surface area contributed by atoms with E-state index < -0.39 is 11.5 Å². The summed E-state index contributed by atoms with van der Waals surface area (Å²) < 4.78 is 0. The highest BCUT2D eigenvalue weighted by Crippen LogP contribution is 2.30. The average Bonchev–Trinajstić information content (AvgIpc) is 2.70. The standard InChI is InChI=1S/C11H17N3O2S/c1-11(10(15)16,9-13-5-8-17-9)14-6-2-3-12-4-7-14/h5,8,12H,2-4,6-7H2,1H3,(H,15,16). The Bertz CT molecular complexity index is 374. The van der Waals surface area contributed by atoms with Gasteiger partial charge in [-0.05, 0) is 19.9 Å². The molecule has 2 rings (SSSR count). The van der Waals surface area contributed by atoms with Crippen LogP contribution in [0.1, 0.15) is 18.4 Å². The van der Waals surface area contributed by atoms with Crippen LogP contribution in [0.4, 0.5) is 0 Å². The van der Waals surface area contributed by atoms with E-state index in [2.05, 4.69) is 10.3 Å². The van der Waals surface area contributed by atoms with Crippen LogP contribution in [0.15, 0.2) is 11.6 Å². The van der Waals surface area contributed by atoms with Gasteiger partial charge in [-0.25, -0.2) is 9.78 Å². The van der Waals surface area contributed by atoms with E-state index >= 15 is 0 Å². The molecule has 0 aliphatic carbocycles. The summed E-state index contributed by atoms with van der Waals surface area (Å²) in [6, 6.07) is 0. The van der Waals surface area contributed by atoms with Crippen molar-refractivity contribution in [3.05, 3.63) is 16.6 Å². The average molecular weight is 255 g/mol. The highest BCUT2D eigenvalue weighted by atomic mass is 32.1. The Hall–Kier alpha value is -0.980. The number of carboxylic acids is 1. The van der Waals surface area contributed by atoms with Crippen molar-refractivity contribution in [1.29, 1.82) is 0 Å². The number of carboxylic acid groups (broad SMARTS) is 1. The SMILES string of the molecule is CC(C(=O)O)(c1nccs1)N1CCCNCC1. The molecule has 0 spiro atoms. The summed E-state index contributed by atoms with van der Waals surface area (Å²) in [5.74, 6) is -0.825. The van der Waals surface area contributed by atoms with Crippen molar-refractivity contribution in [3.63, 3.8) is 0 Å². The van der Waals surface area contributed by atoms with Gasteiger partial charge in [0.2, 0.25) is 0 Å². The number of rotatable bonds is 3. The third kappa shape index (κ3) is 2.34. The largest absolute Gasteiger partial charge is 0.480 e. The zero-order valence-electron chi connectivity index (χ0n) is 9.85. The first-order valence-electron chi connectivity index (χ1n) is 5.75. The molecule has 6 heteroatoms. The molecule has 1 aliphatic rings. The lowest BCUT2D eigenvalue weighted by Crippen LogP contribution is -2.51. The lowest BCUT2D eigenvalue weighted by molar-refractivity contribution is -0.151. The summed E-state index contributed by atoms with van der Waals surface area (Å²) >= 11 is 1.40. The fourth-order valence-corrected chi connectivity index (χ4v) is 2.94. The number of hydrogen-bond acceptors (Lipinski definition) is 5. The molecule has 1 unspecified atom stereocenters. The molecular formula is C11H17N3O2S. The van der Waals surface area contributed by atoms with Crippen LogP contribution >= 0.6 is 11.3 Å². The first-order valence-corrected chi connectivity index (χ1v) is 6.63. The van der Waals surface area contributed by atoms with Crippen molar-refractivity contribution >= 4 is 17.3 Å². The Morgan fingerprint density at radius 3 is 3.06 bits per heavy atom. The highest BCUT2D eigenvalue weighted by molar-refractivity contribution is 7.09. The smallest absolute Gasteiger partial charge is 0.331 e. The molecule has 5 nitrogen and oxygen atoms in total. The zero-order chi connectivity index (χ0) is 12.3. The molecule has 1 aromatic heterocycles. The Morgan fingerprint density at radius 1 is 1.59 bits per heavy atom. The lowest BCUT2D eigenvalue weighted by atomic mass is 10.0. The molecule has 0 aromatic carbocycles. The first-order chi connectivity index (χ1) is 8.15. The van der Waals surface area contributed by atoms with Gasteiger partial charge in [0.1, 0.15) is 5.01 Å². The van der Waals surface area contributed by atoms with Gasteiger partial charge in [0, 0.05) is 31.2 Å². The minimum atomic E-state index is -1.000. The van der Waals surface area contributed by atoms with Crippen LogP contribution in [-0.4, -0.2) is 47.1 Å². The maximum absolute atomic E-state index is 11.6. The molecule has 2 N–H and O–H groups in total. The molecule has 0 saturated carbocycles. The topological polar surface area (TPSA) is 65.5 Å². The van der Waals surface area contributed by atoms with Crippen LogP contribution in [0.5, 0.6) is 0 Å². The van der Waals surface area contributed by atoms with Gasteiger partial charge in [0.25, 0.3) is 0 Å². The number of thiazole rings is 1. The quantitative estimate of drug-likeness (QED) is 0.834. The lowest BCUT2D eigenvalue weighted by Gasteiger charge is -2.35. The van der Waals surface area contributed by atoms with E-state index in [9.17, 15) is 9.90 Å². The third-order valence-corrected chi connectivity index (χ3v) is 4.22. The maximum atomic E-state index is 11.6. The fourth-order valence-electron chi connectivity index (χ4n) is 2.12. The van der Waals surface area contributed by atoms with Gasteiger partial charge < -0.3 is 10.4 Å². The molecule has 2 heterocycles. The highest BCUT2D eigenvalue weighted by Gasteiger charge is 2.43. The molecule has 17 heavy (non-hydrogen) atoms. The van der Waals surface area contributed by atoms with Gasteiger partial charge in [-0.2, -0.15) is 0 Å². The van der Waals surface area contributed by atoms with Crippen molar-refractivity contribution in [2.75, 3.05) is 26.2 Å². The maximum Gasteiger partial charge on any atom is 0.331 e. The minimum absolute atomic E-state index is 0.659. The Kier molecular flexibility index (Phi) is 3.76. The van der Waals surface area contributed by atoms with E-state index in [-0.39, 0.29) is 0 Å². The normalized spacial score (nSPS) is 21.7. The number of hydrogen-bond donors (Lipinski definition) is 2. The Balaban J connectivity index is 2.30. The predicted octanol–water partition coefficient (Wildman–Crippen LogP) is 0.738. The van der Waals surface area contributed by atoms with Gasteiger partial charge >= 0.3 is 5.97 Å². The van der Waals surface area contributed by atoms with Gasteiger partial charge in [-0.15, -0.1) is 11.3 Å². The fraction of sp³-hybridized carbons (Fsp3) is 0.636. The van der Waals surface area contributed by atoms with Crippen molar-refractivity contribution in [3.8, 4) is 0 Å². The second-order valence-electron chi connectivity index (χ2n) is 4.31. The van der Waals surface area contributed by atoms with Crippen LogP contribution in [0.3, 0.4) is 0 Å². The molecule has 94 valence electrons. The summed E-state index contributed by atoms with van der Waals surface area (Å²) in [4.78, 5) is 17.8. The molecular weight excluding hydrogens is 238 g/mol. The molecule has 0 amide bonds. The summed E-state index contributed by atoms with van der Waals surface area (Å²) in [5, 5.41) is 15.3. The number of carbonyl (C=O) groups is 1. The van der Waals surface area contributed by atoms with Crippen LogP contribution in [0, 0.1) is 0 Å². The van der Waals surface area contributed by atoms with E-state index in [1.807, 2.05) is 10.3 Å². The molecule has 1 fully saturated rings. The molecule has 1 aliphatic heterocycles. The zero-order valence-corrected chi connectivity index (χ0v) is 10.7. The molecule has 1 saturated heterocycles. The van der Waals surface area contributed by atoms with E-state index in [1.165, 1.54) is 11.3 Å². The second-order valence-corrected chi connectivity index (χ2v) is 5.20. The predicted molar refractivity (Wildman–Crippen MR) is 66.2 cm³/mol. The molecule has 0 radical (unpaired) electrons. The van der Waals surface area contributed by atoms with E-state index in [0.717, 1.165) is 32.6 Å². The Labute approximate surface area is 104 Å². The van der Waals surface area contributed by atoms with Crippen LogP contribution in [0.25, 0.3) is 0 Å². The van der Waals surface area contributed by atoms with Gasteiger partial charge in [0.05, 0.1) is 0 Å². The summed E-state index contributed by atoms with van der Waals surface area (Å²) in [7, 11) is 0.